The monoisotopic (exact) mass is 363 g/mol. The van der Waals surface area contributed by atoms with Gasteiger partial charge in [-0.2, -0.15) is 5.10 Å². The fourth-order valence-electron chi connectivity index (χ4n) is 1.97. The predicted octanol–water partition coefficient (Wildman–Crippen LogP) is 1.67. The van der Waals surface area contributed by atoms with Crippen LogP contribution in [-0.4, -0.2) is 24.7 Å². The summed E-state index contributed by atoms with van der Waals surface area (Å²) in [6, 6.07) is 8.47. The van der Waals surface area contributed by atoms with Crippen molar-refractivity contribution in [3.63, 3.8) is 0 Å². The Morgan fingerprint density at radius 3 is 2.62 bits per heavy atom. The van der Waals surface area contributed by atoms with Crippen molar-refractivity contribution in [2.45, 2.75) is 18.7 Å². The Kier molecular flexibility index (Phi) is 5.47. The molecule has 0 unspecified atom stereocenters. The summed E-state index contributed by atoms with van der Waals surface area (Å²) in [6.07, 6.45) is 2.87. The van der Waals surface area contributed by atoms with Gasteiger partial charge in [0.25, 0.3) is 10.0 Å². The summed E-state index contributed by atoms with van der Waals surface area (Å²) in [5.41, 5.74) is 9.99. The second-order valence-corrected chi connectivity index (χ2v) is 7.12. The average molecular weight is 363 g/mol. The van der Waals surface area contributed by atoms with E-state index in [-0.39, 0.29) is 10.0 Å². The Hall–Kier alpha value is -2.52. The highest BCUT2D eigenvalue weighted by atomic mass is 32.2. The molecule has 0 saturated heterocycles. The summed E-state index contributed by atoms with van der Waals surface area (Å²) >= 11 is 4.63. The zero-order chi connectivity index (χ0) is 17.7. The minimum atomic E-state index is -3.68. The molecule has 7 nitrogen and oxygen atoms in total. The standard InChI is InChI=1S/C15H17N5O2S2/c1-10-5-3-4-6-14(10)24(21,22)20-13-9-17-12(7-11(13)2)8-18-19-15(16)23/h3-9,20H,1-2H3,(H3,16,19,23). The quantitative estimate of drug-likeness (QED) is 0.423. The molecule has 24 heavy (non-hydrogen) atoms. The maximum atomic E-state index is 12.5. The normalized spacial score (nSPS) is 11.4. The SMILES string of the molecule is Cc1cc(C=NNC(N)=S)ncc1NS(=O)(=O)c1ccccc1C. The van der Waals surface area contributed by atoms with Crippen LogP contribution in [0.4, 0.5) is 5.69 Å². The molecule has 1 aromatic heterocycles. The van der Waals surface area contributed by atoms with Gasteiger partial charge >= 0.3 is 0 Å². The van der Waals surface area contributed by atoms with E-state index >= 15 is 0 Å². The molecule has 0 aliphatic rings. The molecule has 2 rings (SSSR count). The first-order valence-corrected chi connectivity index (χ1v) is 8.82. The van der Waals surface area contributed by atoms with Crippen LogP contribution in [-0.2, 0) is 10.0 Å². The van der Waals surface area contributed by atoms with Gasteiger partial charge in [-0.05, 0) is 49.3 Å². The first-order valence-electron chi connectivity index (χ1n) is 6.93. The number of anilines is 1. The molecule has 0 amide bonds. The zero-order valence-corrected chi connectivity index (χ0v) is 14.8. The molecule has 1 heterocycles. The summed E-state index contributed by atoms with van der Waals surface area (Å²) in [6.45, 7) is 3.52. The third-order valence-electron chi connectivity index (χ3n) is 3.13. The molecule has 9 heteroatoms. The highest BCUT2D eigenvalue weighted by molar-refractivity contribution is 7.92. The second kappa shape index (κ2) is 7.37. The van der Waals surface area contributed by atoms with Crippen LogP contribution in [0, 0.1) is 13.8 Å². The van der Waals surface area contributed by atoms with Crippen LogP contribution in [0.2, 0.25) is 0 Å². The number of hydrogen-bond donors (Lipinski definition) is 3. The van der Waals surface area contributed by atoms with Crippen molar-refractivity contribution in [2.75, 3.05) is 4.72 Å². The maximum absolute atomic E-state index is 12.5. The van der Waals surface area contributed by atoms with Gasteiger partial charge in [0.2, 0.25) is 0 Å². The number of nitrogens with two attached hydrogens (primary N) is 1. The number of hydrogen-bond acceptors (Lipinski definition) is 5. The van der Waals surface area contributed by atoms with Crippen LogP contribution in [0.15, 0.2) is 46.5 Å². The van der Waals surface area contributed by atoms with E-state index in [0.29, 0.717) is 22.5 Å². The van der Waals surface area contributed by atoms with Crippen LogP contribution >= 0.6 is 12.2 Å². The Bertz CT molecular complexity index is 894. The number of aryl methyl sites for hydroxylation is 2. The third-order valence-corrected chi connectivity index (χ3v) is 4.75. The number of sulfonamides is 1. The number of pyridine rings is 1. The average Bonchev–Trinajstić information content (AvgIpc) is 2.50. The van der Waals surface area contributed by atoms with E-state index in [9.17, 15) is 8.42 Å². The van der Waals surface area contributed by atoms with Crippen LogP contribution in [0.1, 0.15) is 16.8 Å². The third kappa shape index (κ3) is 4.49. The van der Waals surface area contributed by atoms with E-state index in [4.69, 9.17) is 5.73 Å². The van der Waals surface area contributed by atoms with E-state index in [2.05, 4.69) is 32.5 Å². The lowest BCUT2D eigenvalue weighted by Crippen LogP contribution is -2.24. The smallest absolute Gasteiger partial charge is 0.262 e. The van der Waals surface area contributed by atoms with Gasteiger partial charge in [0.1, 0.15) is 0 Å². The summed E-state index contributed by atoms with van der Waals surface area (Å²) in [5, 5.41) is 3.85. The summed E-state index contributed by atoms with van der Waals surface area (Å²) < 4.78 is 27.6. The molecule has 0 radical (unpaired) electrons. The van der Waals surface area contributed by atoms with Gasteiger partial charge in [-0.3, -0.25) is 15.1 Å². The van der Waals surface area contributed by atoms with Crippen molar-refractivity contribution in [3.8, 4) is 0 Å². The fraction of sp³-hybridized carbons (Fsp3) is 0.133. The number of hydrazone groups is 1. The van der Waals surface area contributed by atoms with Crippen molar-refractivity contribution in [1.29, 1.82) is 0 Å². The highest BCUT2D eigenvalue weighted by Gasteiger charge is 2.17. The van der Waals surface area contributed by atoms with Gasteiger partial charge in [0.15, 0.2) is 5.11 Å². The maximum Gasteiger partial charge on any atom is 0.262 e. The molecule has 0 saturated carbocycles. The first-order chi connectivity index (χ1) is 11.3. The fourth-order valence-corrected chi connectivity index (χ4v) is 3.39. The van der Waals surface area contributed by atoms with Crippen LogP contribution in [0.3, 0.4) is 0 Å². The van der Waals surface area contributed by atoms with Gasteiger partial charge in [0, 0.05) is 0 Å². The molecule has 1 aromatic carbocycles. The summed E-state index contributed by atoms with van der Waals surface area (Å²) in [4.78, 5) is 4.37. The highest BCUT2D eigenvalue weighted by Crippen LogP contribution is 2.21. The Morgan fingerprint density at radius 1 is 1.29 bits per heavy atom. The van der Waals surface area contributed by atoms with E-state index < -0.39 is 10.0 Å². The number of aromatic nitrogens is 1. The lowest BCUT2D eigenvalue weighted by atomic mass is 10.2. The topological polar surface area (TPSA) is 109 Å². The van der Waals surface area contributed by atoms with E-state index in [1.165, 1.54) is 12.4 Å². The van der Waals surface area contributed by atoms with Crippen molar-refractivity contribution >= 4 is 39.3 Å². The molecular formula is C15H17N5O2S2. The van der Waals surface area contributed by atoms with Gasteiger partial charge < -0.3 is 5.73 Å². The minimum Gasteiger partial charge on any atom is -0.375 e. The Morgan fingerprint density at radius 2 is 2.00 bits per heavy atom. The molecule has 0 bridgehead atoms. The molecule has 126 valence electrons. The molecule has 0 fully saturated rings. The van der Waals surface area contributed by atoms with Crippen LogP contribution in [0.5, 0.6) is 0 Å². The Balaban J connectivity index is 2.23. The van der Waals surface area contributed by atoms with Crippen molar-refractivity contribution in [1.82, 2.24) is 10.4 Å². The second-order valence-electron chi connectivity index (χ2n) is 5.03. The van der Waals surface area contributed by atoms with Crippen LogP contribution in [0.25, 0.3) is 0 Å². The Labute approximate surface area is 146 Å². The number of nitrogens with zero attached hydrogens (tertiary/aromatic N) is 2. The van der Waals surface area contributed by atoms with E-state index in [1.807, 2.05) is 0 Å². The molecular weight excluding hydrogens is 346 g/mol. The largest absolute Gasteiger partial charge is 0.375 e. The molecule has 0 aliphatic heterocycles. The lowest BCUT2D eigenvalue weighted by molar-refractivity contribution is 0.600. The van der Waals surface area contributed by atoms with Gasteiger partial charge in [-0.25, -0.2) is 8.42 Å². The van der Waals surface area contributed by atoms with E-state index in [1.54, 1.807) is 44.2 Å². The van der Waals surface area contributed by atoms with E-state index in [0.717, 1.165) is 0 Å². The molecule has 0 spiro atoms. The molecule has 0 atom stereocenters. The number of rotatable bonds is 5. The molecule has 4 N–H and O–H groups in total. The van der Waals surface area contributed by atoms with Gasteiger partial charge in [-0.1, -0.05) is 18.2 Å². The summed E-state index contributed by atoms with van der Waals surface area (Å²) in [7, 11) is -3.68. The number of nitrogens with one attached hydrogen (secondary N) is 2. The number of benzene rings is 1. The number of thiocarbonyl (C=S) groups is 1. The molecule has 0 aliphatic carbocycles. The molecule has 2 aromatic rings. The first kappa shape index (κ1) is 17.8. The minimum absolute atomic E-state index is 0.0468. The lowest BCUT2D eigenvalue weighted by Gasteiger charge is -2.12. The summed E-state index contributed by atoms with van der Waals surface area (Å²) in [5.74, 6) is 0. The zero-order valence-electron chi connectivity index (χ0n) is 13.1. The van der Waals surface area contributed by atoms with Crippen molar-refractivity contribution < 1.29 is 8.42 Å². The van der Waals surface area contributed by atoms with Gasteiger partial charge in [-0.15, -0.1) is 0 Å². The van der Waals surface area contributed by atoms with Crippen molar-refractivity contribution in [3.05, 3.63) is 53.3 Å². The van der Waals surface area contributed by atoms with Gasteiger partial charge in [0.05, 0.1) is 28.7 Å². The van der Waals surface area contributed by atoms with Crippen molar-refractivity contribution in [2.24, 2.45) is 10.8 Å². The predicted molar refractivity (Wildman–Crippen MR) is 98.5 cm³/mol. The van der Waals surface area contributed by atoms with Crippen LogP contribution < -0.4 is 15.9 Å².